The summed E-state index contributed by atoms with van der Waals surface area (Å²) >= 11 is 3.61. The van der Waals surface area contributed by atoms with Gasteiger partial charge in [0.2, 0.25) is 6.79 Å². The Bertz CT molecular complexity index is 408. The van der Waals surface area contributed by atoms with E-state index >= 15 is 0 Å². The van der Waals surface area contributed by atoms with Gasteiger partial charge in [-0.1, -0.05) is 22.4 Å². The number of halogens is 2. The average Bonchev–Trinajstić information content (AvgIpc) is 2.76. The van der Waals surface area contributed by atoms with Crippen molar-refractivity contribution < 1.29 is 9.47 Å². The Morgan fingerprint density at radius 2 is 1.94 bits per heavy atom. The van der Waals surface area contributed by atoms with Crippen LogP contribution in [0.3, 0.4) is 0 Å². The second kappa shape index (κ2) is 5.46. The number of fused-ring (bicyclic) bond motifs is 1. The fourth-order valence-electron chi connectivity index (χ4n) is 2.32. The number of hydrogen-bond donors (Lipinski definition) is 1. The quantitative estimate of drug-likeness (QED) is 0.860. The lowest BCUT2D eigenvalue weighted by Crippen LogP contribution is -2.26. The Balaban J connectivity index is 0.00000108. The summed E-state index contributed by atoms with van der Waals surface area (Å²) in [7, 11) is 0. The van der Waals surface area contributed by atoms with Gasteiger partial charge in [-0.3, -0.25) is 0 Å². The van der Waals surface area contributed by atoms with Crippen LogP contribution in [0.1, 0.15) is 30.9 Å². The fraction of sp³-hybridized carbons (Fsp3) is 0.500. The van der Waals surface area contributed by atoms with E-state index in [1.165, 1.54) is 24.8 Å². The molecule has 0 spiro atoms. The highest BCUT2D eigenvalue weighted by Crippen LogP contribution is 2.40. The second-order valence-electron chi connectivity index (χ2n) is 4.23. The molecule has 0 saturated carbocycles. The first kappa shape index (κ1) is 13.0. The van der Waals surface area contributed by atoms with Crippen LogP contribution < -0.4 is 14.8 Å². The molecule has 0 unspecified atom stereocenters. The van der Waals surface area contributed by atoms with Crippen molar-refractivity contribution in [3.05, 3.63) is 22.2 Å². The van der Waals surface area contributed by atoms with Crippen LogP contribution in [-0.4, -0.2) is 13.3 Å². The molecule has 1 N–H and O–H groups in total. The molecular formula is C12H15BrClNO2. The normalized spacial score (nSPS) is 22.1. The van der Waals surface area contributed by atoms with Gasteiger partial charge < -0.3 is 14.8 Å². The van der Waals surface area contributed by atoms with Crippen molar-refractivity contribution in [2.45, 2.75) is 25.3 Å². The summed E-state index contributed by atoms with van der Waals surface area (Å²) in [4.78, 5) is 0. The molecule has 0 aliphatic carbocycles. The smallest absolute Gasteiger partial charge is 0.231 e. The molecule has 1 fully saturated rings. The molecule has 1 saturated heterocycles. The zero-order chi connectivity index (χ0) is 11.0. The lowest BCUT2D eigenvalue weighted by Gasteiger charge is -2.24. The number of rotatable bonds is 1. The van der Waals surface area contributed by atoms with E-state index in [2.05, 4.69) is 27.3 Å². The maximum atomic E-state index is 5.41. The summed E-state index contributed by atoms with van der Waals surface area (Å²) in [6, 6.07) is 4.54. The van der Waals surface area contributed by atoms with Gasteiger partial charge in [0.05, 0.1) is 0 Å². The molecule has 17 heavy (non-hydrogen) atoms. The van der Waals surface area contributed by atoms with E-state index in [4.69, 9.17) is 9.47 Å². The Morgan fingerprint density at radius 3 is 2.65 bits per heavy atom. The van der Waals surface area contributed by atoms with Crippen LogP contribution in [-0.2, 0) is 0 Å². The van der Waals surface area contributed by atoms with Crippen molar-refractivity contribution in [2.75, 3.05) is 13.3 Å². The van der Waals surface area contributed by atoms with E-state index in [1.54, 1.807) is 0 Å². The van der Waals surface area contributed by atoms with Crippen LogP contribution in [0.2, 0.25) is 0 Å². The van der Waals surface area contributed by atoms with E-state index in [-0.39, 0.29) is 12.4 Å². The third kappa shape index (κ3) is 2.54. The number of benzene rings is 1. The van der Waals surface area contributed by atoms with Crippen molar-refractivity contribution in [1.82, 2.24) is 5.32 Å². The van der Waals surface area contributed by atoms with Gasteiger partial charge in [0.1, 0.15) is 0 Å². The van der Waals surface area contributed by atoms with Crippen LogP contribution in [0.15, 0.2) is 16.6 Å². The molecule has 1 aromatic carbocycles. The third-order valence-electron chi connectivity index (χ3n) is 3.18. The van der Waals surface area contributed by atoms with Crippen molar-refractivity contribution >= 4 is 28.3 Å². The van der Waals surface area contributed by atoms with Crippen LogP contribution >= 0.6 is 28.3 Å². The third-order valence-corrected chi connectivity index (χ3v) is 3.86. The molecule has 94 valence electrons. The van der Waals surface area contributed by atoms with Gasteiger partial charge in [-0.15, -0.1) is 12.4 Å². The lowest BCUT2D eigenvalue weighted by atomic mass is 9.97. The van der Waals surface area contributed by atoms with Gasteiger partial charge in [0.25, 0.3) is 0 Å². The maximum absolute atomic E-state index is 5.41. The van der Waals surface area contributed by atoms with E-state index in [0.29, 0.717) is 12.8 Å². The van der Waals surface area contributed by atoms with Gasteiger partial charge >= 0.3 is 0 Å². The molecule has 0 aromatic heterocycles. The monoisotopic (exact) mass is 319 g/mol. The summed E-state index contributed by atoms with van der Waals surface area (Å²) in [5.41, 5.74) is 1.28. The number of ether oxygens (including phenoxy) is 2. The van der Waals surface area contributed by atoms with Crippen LogP contribution in [0.4, 0.5) is 0 Å². The van der Waals surface area contributed by atoms with E-state index < -0.39 is 0 Å². The molecule has 2 aliphatic rings. The topological polar surface area (TPSA) is 30.5 Å². The summed E-state index contributed by atoms with van der Waals surface area (Å²) in [6.07, 6.45) is 3.76. The van der Waals surface area contributed by atoms with Crippen LogP contribution in [0.5, 0.6) is 11.5 Å². The minimum Gasteiger partial charge on any atom is -0.454 e. The summed E-state index contributed by atoms with van der Waals surface area (Å²) in [5.74, 6) is 1.71. The number of piperidine rings is 1. The predicted octanol–water partition coefficient (Wildman–Crippen LogP) is 3.41. The van der Waals surface area contributed by atoms with Crippen molar-refractivity contribution in [3.8, 4) is 11.5 Å². The SMILES string of the molecule is Brc1cc2c(cc1[C@H]1CCCCN1)OCO2.Cl. The largest absolute Gasteiger partial charge is 0.454 e. The predicted molar refractivity (Wildman–Crippen MR) is 72.1 cm³/mol. The highest BCUT2D eigenvalue weighted by molar-refractivity contribution is 9.10. The maximum Gasteiger partial charge on any atom is 0.231 e. The molecule has 2 aliphatic heterocycles. The van der Waals surface area contributed by atoms with Gasteiger partial charge in [0, 0.05) is 10.5 Å². The molecule has 0 amide bonds. The van der Waals surface area contributed by atoms with Gasteiger partial charge in [-0.25, -0.2) is 0 Å². The van der Waals surface area contributed by atoms with Crippen molar-refractivity contribution in [3.63, 3.8) is 0 Å². The van der Waals surface area contributed by atoms with Crippen molar-refractivity contribution in [1.29, 1.82) is 0 Å². The molecule has 0 radical (unpaired) electrons. The second-order valence-corrected chi connectivity index (χ2v) is 5.08. The minimum absolute atomic E-state index is 0. The molecule has 5 heteroatoms. The average molecular weight is 321 g/mol. The van der Waals surface area contributed by atoms with E-state index in [9.17, 15) is 0 Å². The summed E-state index contributed by atoms with van der Waals surface area (Å²) in [6.45, 7) is 1.44. The standard InChI is InChI=1S/C12H14BrNO2.ClH/c13-9-6-12-11(15-7-16-12)5-8(9)10-3-1-2-4-14-10;/h5-6,10,14H,1-4,7H2;1H/t10-;/m1./s1. The zero-order valence-electron chi connectivity index (χ0n) is 9.37. The molecule has 2 heterocycles. The lowest BCUT2D eigenvalue weighted by molar-refractivity contribution is 0.174. The first-order valence-corrected chi connectivity index (χ1v) is 6.46. The molecule has 0 bridgehead atoms. The fourth-order valence-corrected chi connectivity index (χ4v) is 2.92. The van der Waals surface area contributed by atoms with E-state index in [1.807, 2.05) is 6.07 Å². The van der Waals surface area contributed by atoms with Crippen LogP contribution in [0.25, 0.3) is 0 Å². The number of nitrogens with one attached hydrogen (secondary N) is 1. The highest BCUT2D eigenvalue weighted by Gasteiger charge is 2.22. The Morgan fingerprint density at radius 1 is 1.18 bits per heavy atom. The molecule has 3 rings (SSSR count). The Kier molecular flexibility index (Phi) is 4.17. The van der Waals surface area contributed by atoms with E-state index in [0.717, 1.165) is 22.5 Å². The highest BCUT2D eigenvalue weighted by atomic mass is 79.9. The Labute approximate surface area is 115 Å². The van der Waals surface area contributed by atoms with Crippen molar-refractivity contribution in [2.24, 2.45) is 0 Å². The summed E-state index contributed by atoms with van der Waals surface area (Å²) < 4.78 is 11.9. The zero-order valence-corrected chi connectivity index (χ0v) is 11.8. The number of hydrogen-bond acceptors (Lipinski definition) is 3. The first-order valence-electron chi connectivity index (χ1n) is 5.67. The molecular weight excluding hydrogens is 305 g/mol. The summed E-state index contributed by atoms with van der Waals surface area (Å²) in [5, 5.41) is 3.54. The van der Waals surface area contributed by atoms with Gasteiger partial charge in [-0.2, -0.15) is 0 Å². The molecule has 1 aromatic rings. The van der Waals surface area contributed by atoms with Crippen LogP contribution in [0, 0.1) is 0 Å². The van der Waals surface area contributed by atoms with Gasteiger partial charge in [0.15, 0.2) is 11.5 Å². The minimum atomic E-state index is 0. The molecule has 1 atom stereocenters. The Hall–Kier alpha value is -0.450. The molecule has 3 nitrogen and oxygen atoms in total. The first-order chi connectivity index (χ1) is 7.84. The van der Waals surface area contributed by atoms with Gasteiger partial charge in [-0.05, 0) is 37.1 Å².